The maximum atomic E-state index is 5.35. The summed E-state index contributed by atoms with van der Waals surface area (Å²) in [6, 6.07) is 0. The van der Waals surface area contributed by atoms with Gasteiger partial charge in [-0.05, 0) is 0 Å². The minimum atomic E-state index is -1.03. The van der Waals surface area contributed by atoms with Crippen LogP contribution in [0.3, 0.4) is 0 Å². The molecule has 0 amide bonds. The second-order valence-electron chi connectivity index (χ2n) is 2.60. The monoisotopic (exact) mass is 221 g/mol. The van der Waals surface area contributed by atoms with Gasteiger partial charge in [0.25, 0.3) is 0 Å². The van der Waals surface area contributed by atoms with Gasteiger partial charge >= 0.3 is 80.6 Å². The number of hydrogen-bond acceptors (Lipinski definition) is 2. The molecule has 0 aromatic heterocycles. The van der Waals surface area contributed by atoms with E-state index < -0.39 is 30.2 Å². The van der Waals surface area contributed by atoms with Crippen LogP contribution in [0, 0.1) is 5.92 Å². The molecule has 0 atom stereocenters. The number of hydrogen-bond donors (Lipinski definition) is 0. The molecule has 0 fully saturated rings. The zero-order chi connectivity index (χ0) is 7.82. The second-order valence-corrected chi connectivity index (χ2v) is 4.72. The van der Waals surface area contributed by atoms with Crippen LogP contribution in [0.25, 0.3) is 0 Å². The summed E-state index contributed by atoms with van der Waals surface area (Å²) in [6.07, 6.45) is 1.17. The molecule has 0 saturated carbocycles. The molecule has 2 nitrogen and oxygen atoms in total. The van der Waals surface area contributed by atoms with Gasteiger partial charge < -0.3 is 0 Å². The van der Waals surface area contributed by atoms with Crippen LogP contribution >= 0.6 is 0 Å². The summed E-state index contributed by atoms with van der Waals surface area (Å²) in [4.78, 5) is 0. The van der Waals surface area contributed by atoms with E-state index >= 15 is 0 Å². The average molecular weight is 221 g/mol. The van der Waals surface area contributed by atoms with Crippen molar-refractivity contribution in [3.8, 4) is 0 Å². The maximum absolute atomic E-state index is 5.35. The van der Waals surface area contributed by atoms with E-state index in [-0.39, 0.29) is 0 Å². The number of rotatable bonds is 6. The predicted molar refractivity (Wildman–Crippen MR) is 37.0 cm³/mol. The Morgan fingerprint density at radius 2 is 2.00 bits per heavy atom. The van der Waals surface area contributed by atoms with Gasteiger partial charge in [0.2, 0.25) is 0 Å². The van der Waals surface area contributed by atoms with Gasteiger partial charge in [-0.2, -0.15) is 0 Å². The first-order valence-electron chi connectivity index (χ1n) is 3.82. The van der Waals surface area contributed by atoms with Crippen molar-refractivity contribution in [2.24, 2.45) is 5.92 Å². The van der Waals surface area contributed by atoms with Gasteiger partial charge in [-0.3, -0.25) is 0 Å². The van der Waals surface area contributed by atoms with Gasteiger partial charge in [0, 0.05) is 0 Å². The van der Waals surface area contributed by atoms with Crippen molar-refractivity contribution < 1.29 is 34.3 Å². The third kappa shape index (κ3) is 9.02. The molecule has 0 aromatic rings. The fourth-order valence-electron chi connectivity index (χ4n) is 0.468. The fourth-order valence-corrected chi connectivity index (χ4v) is 1.61. The molecule has 0 aliphatic carbocycles. The normalized spacial score (nSPS) is 10.0. The Balaban J connectivity index is 2.77. The molecule has 10 heavy (non-hydrogen) atoms. The summed E-state index contributed by atoms with van der Waals surface area (Å²) in [5, 5.41) is 0. The van der Waals surface area contributed by atoms with E-state index in [1.165, 1.54) is 6.42 Å². The van der Waals surface area contributed by atoms with Crippen molar-refractivity contribution in [1.82, 2.24) is 0 Å². The van der Waals surface area contributed by atoms with Crippen LogP contribution in [0.4, 0.5) is 0 Å². The first kappa shape index (κ1) is 11.0. The van der Waals surface area contributed by atoms with E-state index in [2.05, 4.69) is 13.8 Å². The van der Waals surface area contributed by atoms with E-state index in [1.54, 1.807) is 0 Å². The topological polar surface area (TPSA) is 18.5 Å². The first-order chi connectivity index (χ1) is 4.77. The Morgan fingerprint density at radius 1 is 1.30 bits per heavy atom. The first-order valence-corrected chi connectivity index (χ1v) is 6.14. The van der Waals surface area contributed by atoms with Crippen LogP contribution in [0.5, 0.6) is 0 Å². The molecule has 0 saturated heterocycles. The van der Waals surface area contributed by atoms with E-state index in [4.69, 9.17) is 4.10 Å². The molecular formula is C7H16O2Y. The van der Waals surface area contributed by atoms with Crippen molar-refractivity contribution >= 4 is 0 Å². The molecule has 0 spiro atoms. The zero-order valence-electron chi connectivity index (χ0n) is 7.09. The fraction of sp³-hybridized carbons (Fsp3) is 1.00. The second kappa shape index (κ2) is 8.12. The van der Waals surface area contributed by atoms with Crippen LogP contribution in [0.1, 0.15) is 27.2 Å². The van der Waals surface area contributed by atoms with Crippen molar-refractivity contribution in [2.75, 3.05) is 13.2 Å². The standard InChI is InChI=1S/C5H11O.C2H5O.Y/c1-5(2)3-4-6;1-2-3;/h5H,3-4H2,1-2H3;2H2,1H3;/q2*-1;+2. The molecule has 0 aliphatic heterocycles. The van der Waals surface area contributed by atoms with Crippen LogP contribution in [-0.2, 0) is 34.3 Å². The third-order valence-electron chi connectivity index (χ3n) is 1.12. The molecule has 59 valence electrons. The third-order valence-corrected chi connectivity index (χ3v) is 3.18. The Kier molecular flexibility index (Phi) is 8.96. The Morgan fingerprint density at radius 3 is 2.50 bits per heavy atom. The van der Waals surface area contributed by atoms with Crippen LogP contribution in [-0.4, -0.2) is 13.2 Å². The van der Waals surface area contributed by atoms with Gasteiger partial charge in [-0.15, -0.1) is 0 Å². The molecule has 0 aliphatic rings. The molecule has 0 aromatic carbocycles. The van der Waals surface area contributed by atoms with Gasteiger partial charge in [-0.25, -0.2) is 0 Å². The molecule has 0 heterocycles. The summed E-state index contributed by atoms with van der Waals surface area (Å²) in [5.41, 5.74) is 0. The Bertz CT molecular complexity index is 66.6. The van der Waals surface area contributed by atoms with Crippen molar-refractivity contribution in [2.45, 2.75) is 27.2 Å². The van der Waals surface area contributed by atoms with Crippen LogP contribution < -0.4 is 0 Å². The van der Waals surface area contributed by atoms with Gasteiger partial charge in [0.05, 0.1) is 0 Å². The summed E-state index contributed by atoms with van der Waals surface area (Å²) < 4.78 is 10.5. The molecule has 0 N–H and O–H groups in total. The van der Waals surface area contributed by atoms with Crippen molar-refractivity contribution in [3.63, 3.8) is 0 Å². The summed E-state index contributed by atoms with van der Waals surface area (Å²) >= 11 is -1.03. The van der Waals surface area contributed by atoms with Crippen molar-refractivity contribution in [3.05, 3.63) is 0 Å². The predicted octanol–water partition coefficient (Wildman–Crippen LogP) is 2.00. The zero-order valence-corrected chi connectivity index (χ0v) is 9.93. The summed E-state index contributed by atoms with van der Waals surface area (Å²) in [7, 11) is 0. The Labute approximate surface area is 80.3 Å². The molecular weight excluding hydrogens is 205 g/mol. The van der Waals surface area contributed by atoms with Crippen LogP contribution in [0.15, 0.2) is 0 Å². The molecule has 0 radical (unpaired) electrons. The SMILES string of the molecule is CC[O][Y][O]CCC(C)C. The molecule has 0 bridgehead atoms. The van der Waals surface area contributed by atoms with E-state index in [1.807, 2.05) is 6.92 Å². The molecule has 0 rings (SSSR count). The summed E-state index contributed by atoms with van der Waals surface area (Å²) in [6.45, 7) is 8.15. The molecule has 3 heteroatoms. The van der Waals surface area contributed by atoms with Crippen LogP contribution in [0.2, 0.25) is 0 Å². The van der Waals surface area contributed by atoms with E-state index in [9.17, 15) is 0 Å². The van der Waals surface area contributed by atoms with Crippen molar-refractivity contribution in [1.29, 1.82) is 0 Å². The van der Waals surface area contributed by atoms with Gasteiger partial charge in [-0.1, -0.05) is 0 Å². The Hall–Kier alpha value is 1.02. The van der Waals surface area contributed by atoms with E-state index in [0.29, 0.717) is 0 Å². The summed E-state index contributed by atoms with van der Waals surface area (Å²) in [5.74, 6) is 0.754. The quantitative estimate of drug-likeness (QED) is 0.638. The molecule has 0 unspecified atom stereocenters. The van der Waals surface area contributed by atoms with Gasteiger partial charge in [0.1, 0.15) is 0 Å². The van der Waals surface area contributed by atoms with Gasteiger partial charge in [0.15, 0.2) is 0 Å². The van der Waals surface area contributed by atoms with E-state index in [0.717, 1.165) is 19.1 Å². The average Bonchev–Trinajstić information content (AvgIpc) is 1.87. The minimum absolute atomic E-state index is 0.754.